The van der Waals surface area contributed by atoms with Crippen LogP contribution in [0, 0.1) is 12.8 Å². The lowest BCUT2D eigenvalue weighted by Crippen LogP contribution is -2.38. The summed E-state index contributed by atoms with van der Waals surface area (Å²) in [5.74, 6) is -0.117. The van der Waals surface area contributed by atoms with Crippen LogP contribution in [-0.2, 0) is 9.59 Å². The molecule has 0 aromatic heterocycles. The highest BCUT2D eigenvalue weighted by Crippen LogP contribution is 2.18. The molecule has 1 aliphatic rings. The highest BCUT2D eigenvalue weighted by atomic mass is 16.2. The van der Waals surface area contributed by atoms with Crippen LogP contribution in [0.2, 0.25) is 0 Å². The Hall–Kier alpha value is -2.04. The molecule has 1 atom stereocenters. The first kappa shape index (κ1) is 17.3. The lowest BCUT2D eigenvalue weighted by atomic mass is 10.1. The Bertz CT molecular complexity index is 559. The van der Waals surface area contributed by atoms with Crippen LogP contribution < -0.4 is 10.2 Å². The van der Waals surface area contributed by atoms with Gasteiger partial charge in [-0.25, -0.2) is 0 Å². The smallest absolute Gasteiger partial charge is 0.225 e. The number of nitrogens with one attached hydrogen (secondary N) is 1. The first-order valence-corrected chi connectivity index (χ1v) is 8.42. The first-order valence-electron chi connectivity index (χ1n) is 8.42. The van der Waals surface area contributed by atoms with E-state index in [1.807, 2.05) is 6.92 Å². The zero-order chi connectivity index (χ0) is 16.8. The fourth-order valence-electron chi connectivity index (χ4n) is 3.01. The zero-order valence-corrected chi connectivity index (χ0v) is 14.3. The number of carbonyl (C=O) groups excluding carboxylic acids is 2. The topological polar surface area (TPSA) is 52.7 Å². The average molecular weight is 317 g/mol. The predicted molar refractivity (Wildman–Crippen MR) is 92.4 cm³/mol. The molecule has 1 aromatic carbocycles. The minimum absolute atomic E-state index is 0.00500. The Labute approximate surface area is 138 Å². The molecule has 2 rings (SSSR count). The molecule has 1 saturated heterocycles. The quantitative estimate of drug-likeness (QED) is 0.834. The maximum Gasteiger partial charge on any atom is 0.225 e. The van der Waals surface area contributed by atoms with Crippen LogP contribution >= 0.6 is 0 Å². The summed E-state index contributed by atoms with van der Waals surface area (Å²) in [4.78, 5) is 27.9. The minimum atomic E-state index is -0.198. The van der Waals surface area contributed by atoms with Crippen molar-refractivity contribution in [3.8, 4) is 0 Å². The van der Waals surface area contributed by atoms with Gasteiger partial charge in [0.1, 0.15) is 0 Å². The molecule has 2 amide bonds. The zero-order valence-electron chi connectivity index (χ0n) is 14.3. The van der Waals surface area contributed by atoms with Crippen molar-refractivity contribution in [2.75, 3.05) is 37.6 Å². The van der Waals surface area contributed by atoms with E-state index in [0.717, 1.165) is 13.1 Å². The number of likely N-dealkylation sites (N-methyl/N-ethyl adjacent to an activating group) is 1. The molecule has 5 heteroatoms. The number of likely N-dealkylation sites (tertiary alicyclic amines) is 1. The Morgan fingerprint density at radius 2 is 2.17 bits per heavy atom. The number of hydrogen-bond acceptors (Lipinski definition) is 3. The van der Waals surface area contributed by atoms with Crippen LogP contribution in [0.25, 0.3) is 0 Å². The summed E-state index contributed by atoms with van der Waals surface area (Å²) >= 11 is 0. The monoisotopic (exact) mass is 317 g/mol. The van der Waals surface area contributed by atoms with E-state index in [1.165, 1.54) is 11.3 Å². The number of rotatable bonds is 7. The molecule has 0 radical (unpaired) electrons. The van der Waals surface area contributed by atoms with Crippen LogP contribution in [0.5, 0.6) is 0 Å². The molecule has 0 bridgehead atoms. The number of amides is 2. The van der Waals surface area contributed by atoms with Gasteiger partial charge in [0.2, 0.25) is 11.8 Å². The van der Waals surface area contributed by atoms with Crippen molar-refractivity contribution in [2.24, 2.45) is 5.92 Å². The summed E-state index contributed by atoms with van der Waals surface area (Å²) in [6.45, 7) is 9.62. The fraction of sp³-hybridized carbons (Fsp3) is 0.556. The predicted octanol–water partition coefficient (Wildman–Crippen LogP) is 1.81. The van der Waals surface area contributed by atoms with Crippen LogP contribution in [0.3, 0.4) is 0 Å². The highest BCUT2D eigenvalue weighted by molar-refractivity contribution is 5.89. The van der Waals surface area contributed by atoms with Crippen molar-refractivity contribution in [1.29, 1.82) is 0 Å². The molecule has 0 saturated carbocycles. The summed E-state index contributed by atoms with van der Waals surface area (Å²) in [6.07, 6.45) is 0.342. The molecule has 23 heavy (non-hydrogen) atoms. The minimum Gasteiger partial charge on any atom is -0.370 e. The number of benzene rings is 1. The molecule has 0 aliphatic carbocycles. The lowest BCUT2D eigenvalue weighted by Gasteiger charge is -2.24. The Morgan fingerprint density at radius 3 is 2.78 bits per heavy atom. The van der Waals surface area contributed by atoms with Gasteiger partial charge in [-0.2, -0.15) is 0 Å². The summed E-state index contributed by atoms with van der Waals surface area (Å²) in [5, 5.41) is 2.98. The van der Waals surface area contributed by atoms with E-state index in [2.05, 4.69) is 48.3 Å². The van der Waals surface area contributed by atoms with Gasteiger partial charge in [-0.1, -0.05) is 12.1 Å². The maximum absolute atomic E-state index is 12.2. The lowest BCUT2D eigenvalue weighted by molar-refractivity contribution is -0.128. The van der Waals surface area contributed by atoms with E-state index in [9.17, 15) is 9.59 Å². The van der Waals surface area contributed by atoms with Crippen LogP contribution in [-0.4, -0.2) is 49.4 Å². The van der Waals surface area contributed by atoms with E-state index in [0.29, 0.717) is 26.1 Å². The van der Waals surface area contributed by atoms with Crippen molar-refractivity contribution in [3.05, 3.63) is 29.8 Å². The van der Waals surface area contributed by atoms with Crippen molar-refractivity contribution in [2.45, 2.75) is 27.2 Å². The SMILES string of the molecule is CCN1CC(C(=O)NCCN(CC)c2cccc(C)c2)CC1=O. The molecule has 1 aliphatic heterocycles. The number of hydrogen-bond donors (Lipinski definition) is 1. The second kappa shape index (κ2) is 7.99. The van der Waals surface area contributed by atoms with E-state index in [-0.39, 0.29) is 17.7 Å². The van der Waals surface area contributed by atoms with Gasteiger partial charge in [-0.3, -0.25) is 9.59 Å². The van der Waals surface area contributed by atoms with Crippen molar-refractivity contribution in [1.82, 2.24) is 10.2 Å². The van der Waals surface area contributed by atoms with E-state index >= 15 is 0 Å². The van der Waals surface area contributed by atoms with E-state index in [1.54, 1.807) is 4.90 Å². The molecule has 126 valence electrons. The summed E-state index contributed by atoms with van der Waals surface area (Å²) < 4.78 is 0. The van der Waals surface area contributed by atoms with Crippen LogP contribution in [0.15, 0.2) is 24.3 Å². The van der Waals surface area contributed by atoms with Gasteiger partial charge in [0, 0.05) is 44.8 Å². The number of nitrogens with zero attached hydrogens (tertiary/aromatic N) is 2. The van der Waals surface area contributed by atoms with Gasteiger partial charge in [-0.05, 0) is 38.5 Å². The third-order valence-electron chi connectivity index (χ3n) is 4.40. The third-order valence-corrected chi connectivity index (χ3v) is 4.40. The summed E-state index contributed by atoms with van der Waals surface area (Å²) in [7, 11) is 0. The van der Waals surface area contributed by atoms with Crippen LogP contribution in [0.4, 0.5) is 5.69 Å². The van der Waals surface area contributed by atoms with Crippen molar-refractivity contribution in [3.63, 3.8) is 0 Å². The van der Waals surface area contributed by atoms with Gasteiger partial charge in [0.25, 0.3) is 0 Å². The molecule has 1 fully saturated rings. The molecule has 5 nitrogen and oxygen atoms in total. The number of carbonyl (C=O) groups is 2. The average Bonchev–Trinajstić information content (AvgIpc) is 2.92. The standard InChI is InChI=1S/C18H27N3O2/c1-4-20(16-8-6-7-14(3)11-16)10-9-19-18(23)15-12-17(22)21(5-2)13-15/h6-8,11,15H,4-5,9-10,12-13H2,1-3H3,(H,19,23). The normalized spacial score (nSPS) is 17.4. The molecular weight excluding hydrogens is 290 g/mol. The van der Waals surface area contributed by atoms with Gasteiger partial charge in [0.05, 0.1) is 5.92 Å². The molecule has 1 N–H and O–H groups in total. The van der Waals surface area contributed by atoms with Gasteiger partial charge in [0.15, 0.2) is 0 Å². The maximum atomic E-state index is 12.2. The second-order valence-electron chi connectivity index (χ2n) is 6.04. The highest BCUT2D eigenvalue weighted by Gasteiger charge is 2.33. The number of aryl methyl sites for hydroxylation is 1. The fourth-order valence-corrected chi connectivity index (χ4v) is 3.01. The van der Waals surface area contributed by atoms with E-state index in [4.69, 9.17) is 0 Å². The second-order valence-corrected chi connectivity index (χ2v) is 6.04. The largest absolute Gasteiger partial charge is 0.370 e. The van der Waals surface area contributed by atoms with Crippen molar-refractivity contribution >= 4 is 17.5 Å². The molecular formula is C18H27N3O2. The summed E-state index contributed by atoms with van der Waals surface area (Å²) in [5.41, 5.74) is 2.41. The molecule has 0 spiro atoms. The van der Waals surface area contributed by atoms with Crippen molar-refractivity contribution < 1.29 is 9.59 Å². The van der Waals surface area contributed by atoms with Gasteiger partial charge >= 0.3 is 0 Å². The molecule has 1 heterocycles. The molecule has 1 aromatic rings. The third kappa shape index (κ3) is 4.47. The van der Waals surface area contributed by atoms with Gasteiger partial charge < -0.3 is 15.1 Å². The van der Waals surface area contributed by atoms with Gasteiger partial charge in [-0.15, -0.1) is 0 Å². The van der Waals surface area contributed by atoms with Crippen LogP contribution in [0.1, 0.15) is 25.8 Å². The Morgan fingerprint density at radius 1 is 1.39 bits per heavy atom. The Kier molecular flexibility index (Phi) is 6.02. The summed E-state index contributed by atoms with van der Waals surface area (Å²) in [6, 6.07) is 8.37. The Balaban J connectivity index is 1.81. The first-order chi connectivity index (χ1) is 11.0. The number of anilines is 1. The molecule has 1 unspecified atom stereocenters. The van der Waals surface area contributed by atoms with E-state index < -0.39 is 0 Å².